The summed E-state index contributed by atoms with van der Waals surface area (Å²) in [6.07, 6.45) is 0. The van der Waals surface area contributed by atoms with Gasteiger partial charge in [0.2, 0.25) is 5.91 Å². The first kappa shape index (κ1) is 16.8. The largest absolute Gasteiger partial charge is 0.497 e. The average Bonchev–Trinajstić information content (AvgIpc) is 2.58. The van der Waals surface area contributed by atoms with Crippen molar-refractivity contribution in [3.63, 3.8) is 0 Å². The van der Waals surface area contributed by atoms with Crippen molar-refractivity contribution in [2.45, 2.75) is 6.54 Å². The van der Waals surface area contributed by atoms with Gasteiger partial charge in [-0.3, -0.25) is 9.59 Å². The van der Waals surface area contributed by atoms with Crippen molar-refractivity contribution in [3.8, 4) is 5.75 Å². The Morgan fingerprint density at radius 2 is 1.83 bits per heavy atom. The molecule has 120 valence electrons. The molecule has 0 bridgehead atoms. The van der Waals surface area contributed by atoms with Crippen LogP contribution < -0.4 is 15.4 Å². The first-order valence-electron chi connectivity index (χ1n) is 7.02. The van der Waals surface area contributed by atoms with Gasteiger partial charge < -0.3 is 15.4 Å². The first-order chi connectivity index (χ1) is 11.1. The van der Waals surface area contributed by atoms with Crippen molar-refractivity contribution < 1.29 is 14.3 Å². The van der Waals surface area contributed by atoms with Crippen molar-refractivity contribution >= 4 is 23.4 Å². The predicted molar refractivity (Wildman–Crippen MR) is 88.6 cm³/mol. The smallest absolute Gasteiger partial charge is 0.251 e. The molecule has 0 aliphatic rings. The first-order valence-corrected chi connectivity index (χ1v) is 7.39. The predicted octanol–water partition coefficient (Wildman–Crippen LogP) is 2.39. The normalized spacial score (nSPS) is 10.0. The Morgan fingerprint density at radius 1 is 1.09 bits per heavy atom. The molecule has 6 heteroatoms. The number of nitrogens with one attached hydrogen (secondary N) is 2. The lowest BCUT2D eigenvalue weighted by atomic mass is 10.2. The van der Waals surface area contributed by atoms with Gasteiger partial charge >= 0.3 is 0 Å². The number of methoxy groups -OCH3 is 1. The highest BCUT2D eigenvalue weighted by Gasteiger charge is 2.08. The van der Waals surface area contributed by atoms with Crippen molar-refractivity contribution in [3.05, 3.63) is 64.7 Å². The SMILES string of the molecule is COc1ccc(C(=O)NCC(=O)NCc2cccc(Cl)c2)cc1. The van der Waals surface area contributed by atoms with Crippen LogP contribution in [0.1, 0.15) is 15.9 Å². The molecule has 0 spiro atoms. The fraction of sp³-hybridized carbons (Fsp3) is 0.176. The molecule has 0 fully saturated rings. The van der Waals surface area contributed by atoms with E-state index in [1.54, 1.807) is 43.5 Å². The standard InChI is InChI=1S/C17H17ClN2O3/c1-23-15-7-5-13(6-8-15)17(22)20-11-16(21)19-10-12-3-2-4-14(18)9-12/h2-9H,10-11H2,1H3,(H,19,21)(H,20,22). The molecule has 2 aromatic carbocycles. The van der Waals surface area contributed by atoms with Gasteiger partial charge in [-0.25, -0.2) is 0 Å². The van der Waals surface area contributed by atoms with Crippen LogP contribution in [0.3, 0.4) is 0 Å². The van der Waals surface area contributed by atoms with Crippen LogP contribution in [0.5, 0.6) is 5.75 Å². The summed E-state index contributed by atoms with van der Waals surface area (Å²) in [6.45, 7) is 0.267. The minimum atomic E-state index is -0.314. The molecule has 0 unspecified atom stereocenters. The molecule has 2 aromatic rings. The Morgan fingerprint density at radius 3 is 2.48 bits per heavy atom. The fourth-order valence-electron chi connectivity index (χ4n) is 1.92. The molecule has 0 saturated heterocycles. The highest BCUT2D eigenvalue weighted by Crippen LogP contribution is 2.11. The van der Waals surface area contributed by atoms with E-state index in [2.05, 4.69) is 10.6 Å². The molecule has 0 saturated carbocycles. The summed E-state index contributed by atoms with van der Waals surface area (Å²) >= 11 is 5.87. The number of benzene rings is 2. The zero-order valence-corrected chi connectivity index (χ0v) is 13.4. The van der Waals surface area contributed by atoms with E-state index in [0.717, 1.165) is 5.56 Å². The summed E-state index contributed by atoms with van der Waals surface area (Å²) in [5.41, 5.74) is 1.36. The molecule has 2 N–H and O–H groups in total. The maximum absolute atomic E-state index is 11.9. The second-order valence-electron chi connectivity index (χ2n) is 4.82. The zero-order valence-electron chi connectivity index (χ0n) is 12.6. The quantitative estimate of drug-likeness (QED) is 0.853. The number of halogens is 1. The summed E-state index contributed by atoms with van der Waals surface area (Å²) in [5.74, 6) is 0.0817. The summed E-state index contributed by atoms with van der Waals surface area (Å²) in [4.78, 5) is 23.7. The summed E-state index contributed by atoms with van der Waals surface area (Å²) in [7, 11) is 1.55. The molecule has 2 rings (SSSR count). The summed E-state index contributed by atoms with van der Waals surface area (Å²) in [6, 6.07) is 13.9. The fourth-order valence-corrected chi connectivity index (χ4v) is 2.13. The molecule has 0 aromatic heterocycles. The Kier molecular flexibility index (Phi) is 6.00. The number of rotatable bonds is 6. The second kappa shape index (κ2) is 8.19. The van der Waals surface area contributed by atoms with Gasteiger partial charge in [0.25, 0.3) is 5.91 Å². The number of carbonyl (C=O) groups excluding carboxylic acids is 2. The minimum Gasteiger partial charge on any atom is -0.497 e. The maximum atomic E-state index is 11.9. The van der Waals surface area contributed by atoms with Crippen LogP contribution in [0, 0.1) is 0 Å². The van der Waals surface area contributed by atoms with Gasteiger partial charge in [-0.05, 0) is 42.0 Å². The van der Waals surface area contributed by atoms with Crippen molar-refractivity contribution in [1.82, 2.24) is 10.6 Å². The van der Waals surface area contributed by atoms with Crippen LogP contribution in [0.25, 0.3) is 0 Å². The highest BCUT2D eigenvalue weighted by atomic mass is 35.5. The molecule has 2 amide bonds. The van der Waals surface area contributed by atoms with Gasteiger partial charge in [-0.2, -0.15) is 0 Å². The molecule has 0 atom stereocenters. The Labute approximate surface area is 139 Å². The topological polar surface area (TPSA) is 67.4 Å². The Balaban J connectivity index is 1.78. The van der Waals surface area contributed by atoms with Gasteiger partial charge in [0.1, 0.15) is 5.75 Å². The van der Waals surface area contributed by atoms with Crippen LogP contribution in [0.2, 0.25) is 5.02 Å². The van der Waals surface area contributed by atoms with Crippen LogP contribution >= 0.6 is 11.6 Å². The molecule has 5 nitrogen and oxygen atoms in total. The van der Waals surface area contributed by atoms with Crippen molar-refractivity contribution in [1.29, 1.82) is 0 Å². The number of hydrogen-bond donors (Lipinski definition) is 2. The van der Waals surface area contributed by atoms with Crippen LogP contribution in [0.4, 0.5) is 0 Å². The molecular formula is C17H17ClN2O3. The third-order valence-corrected chi connectivity index (χ3v) is 3.38. The Hall–Kier alpha value is -2.53. The van der Waals surface area contributed by atoms with E-state index in [1.807, 2.05) is 12.1 Å². The highest BCUT2D eigenvalue weighted by molar-refractivity contribution is 6.30. The van der Waals surface area contributed by atoms with Gasteiger partial charge in [0.05, 0.1) is 13.7 Å². The number of amides is 2. The number of carbonyl (C=O) groups is 2. The van der Waals surface area contributed by atoms with Crippen LogP contribution in [-0.4, -0.2) is 25.5 Å². The van der Waals surface area contributed by atoms with Crippen molar-refractivity contribution in [2.24, 2.45) is 0 Å². The molecule has 0 radical (unpaired) electrons. The van der Waals surface area contributed by atoms with Gasteiger partial charge in [-0.15, -0.1) is 0 Å². The monoisotopic (exact) mass is 332 g/mol. The zero-order chi connectivity index (χ0) is 16.7. The van der Waals surface area contributed by atoms with E-state index in [9.17, 15) is 9.59 Å². The average molecular weight is 333 g/mol. The molecular weight excluding hydrogens is 316 g/mol. The van der Waals surface area contributed by atoms with Crippen LogP contribution in [-0.2, 0) is 11.3 Å². The molecule has 0 aliphatic carbocycles. The van der Waals surface area contributed by atoms with E-state index in [4.69, 9.17) is 16.3 Å². The van der Waals surface area contributed by atoms with E-state index < -0.39 is 0 Å². The summed E-state index contributed by atoms with van der Waals surface area (Å²) in [5, 5.41) is 5.90. The lowest BCUT2D eigenvalue weighted by Crippen LogP contribution is -2.36. The lowest BCUT2D eigenvalue weighted by molar-refractivity contribution is -0.120. The molecule has 0 heterocycles. The van der Waals surface area contributed by atoms with Crippen LogP contribution in [0.15, 0.2) is 48.5 Å². The number of hydrogen-bond acceptors (Lipinski definition) is 3. The van der Waals surface area contributed by atoms with E-state index >= 15 is 0 Å². The number of ether oxygens (including phenoxy) is 1. The third-order valence-electron chi connectivity index (χ3n) is 3.14. The molecule has 23 heavy (non-hydrogen) atoms. The molecule has 0 aliphatic heterocycles. The van der Waals surface area contributed by atoms with E-state index in [0.29, 0.717) is 22.9 Å². The second-order valence-corrected chi connectivity index (χ2v) is 5.25. The lowest BCUT2D eigenvalue weighted by Gasteiger charge is -2.08. The third kappa shape index (κ3) is 5.30. The van der Waals surface area contributed by atoms with E-state index in [1.165, 1.54) is 0 Å². The summed E-state index contributed by atoms with van der Waals surface area (Å²) < 4.78 is 5.02. The minimum absolute atomic E-state index is 0.0918. The maximum Gasteiger partial charge on any atom is 0.251 e. The van der Waals surface area contributed by atoms with E-state index in [-0.39, 0.29) is 18.4 Å². The van der Waals surface area contributed by atoms with Gasteiger partial charge in [0.15, 0.2) is 0 Å². The Bertz CT molecular complexity index is 686. The van der Waals surface area contributed by atoms with Gasteiger partial charge in [-0.1, -0.05) is 23.7 Å². The van der Waals surface area contributed by atoms with Gasteiger partial charge in [0, 0.05) is 17.1 Å². The van der Waals surface area contributed by atoms with Crippen molar-refractivity contribution in [2.75, 3.05) is 13.7 Å².